The van der Waals surface area contributed by atoms with Crippen LogP contribution in [0.2, 0.25) is 0 Å². The second kappa shape index (κ2) is 6.73. The first-order valence-corrected chi connectivity index (χ1v) is 7.59. The first-order valence-electron chi connectivity index (χ1n) is 7.59. The molecule has 2 N–H and O–H groups in total. The van der Waals surface area contributed by atoms with E-state index >= 15 is 0 Å². The van der Waals surface area contributed by atoms with Crippen molar-refractivity contribution < 1.29 is 0 Å². The minimum absolute atomic E-state index is 0.848. The predicted molar refractivity (Wildman–Crippen MR) is 91.8 cm³/mol. The lowest BCUT2D eigenvalue weighted by atomic mass is 10.0. The average molecular weight is 294 g/mol. The first kappa shape index (κ1) is 14.8. The van der Waals surface area contributed by atoms with Crippen molar-refractivity contribution in [2.45, 2.75) is 6.54 Å². The molecule has 0 fully saturated rings. The van der Waals surface area contributed by atoms with E-state index in [-0.39, 0.29) is 0 Å². The molecule has 0 saturated carbocycles. The second-order valence-electron chi connectivity index (χ2n) is 5.84. The fraction of sp³-hybridized carbons (Fsp3) is 0.278. The number of pyridine rings is 1. The Morgan fingerprint density at radius 3 is 2.86 bits per heavy atom. The summed E-state index contributed by atoms with van der Waals surface area (Å²) in [6.45, 7) is 2.87. The molecule has 0 amide bonds. The Labute approximate surface area is 131 Å². The van der Waals surface area contributed by atoms with Crippen LogP contribution in [0.3, 0.4) is 0 Å². The van der Waals surface area contributed by atoms with E-state index in [0.717, 1.165) is 25.2 Å². The number of H-pyrrole nitrogens is 1. The fourth-order valence-corrected chi connectivity index (χ4v) is 2.51. The summed E-state index contributed by atoms with van der Waals surface area (Å²) >= 11 is 0. The third-order valence-electron chi connectivity index (χ3n) is 3.75. The quantitative estimate of drug-likeness (QED) is 0.687. The van der Waals surface area contributed by atoms with Crippen LogP contribution >= 0.6 is 0 Å². The summed E-state index contributed by atoms with van der Waals surface area (Å²) in [6, 6.07) is 10.8. The van der Waals surface area contributed by atoms with E-state index in [1.165, 1.54) is 22.0 Å². The molecule has 0 spiro atoms. The molecule has 3 rings (SSSR count). The molecule has 3 aromatic rings. The summed E-state index contributed by atoms with van der Waals surface area (Å²) in [5, 5.41) is 4.68. The molecule has 2 heterocycles. The van der Waals surface area contributed by atoms with Crippen molar-refractivity contribution in [2.24, 2.45) is 0 Å². The summed E-state index contributed by atoms with van der Waals surface area (Å²) < 4.78 is 0. The van der Waals surface area contributed by atoms with Crippen molar-refractivity contribution in [2.75, 3.05) is 27.2 Å². The van der Waals surface area contributed by atoms with E-state index in [0.29, 0.717) is 0 Å². The highest BCUT2D eigenvalue weighted by Gasteiger charge is 2.02. The van der Waals surface area contributed by atoms with Gasteiger partial charge in [0.1, 0.15) is 0 Å². The van der Waals surface area contributed by atoms with Gasteiger partial charge in [-0.25, -0.2) is 0 Å². The predicted octanol–water partition coefficient (Wildman–Crippen LogP) is 2.88. The number of fused-ring (bicyclic) bond motifs is 1. The van der Waals surface area contributed by atoms with Crippen LogP contribution in [0.25, 0.3) is 22.0 Å². The maximum atomic E-state index is 4.38. The number of nitrogens with zero attached hydrogens (tertiary/aromatic N) is 2. The minimum Gasteiger partial charge on any atom is -0.361 e. The number of hydrogen-bond acceptors (Lipinski definition) is 3. The van der Waals surface area contributed by atoms with Gasteiger partial charge in [0.15, 0.2) is 0 Å². The molecule has 0 saturated heterocycles. The zero-order valence-corrected chi connectivity index (χ0v) is 13.1. The third kappa shape index (κ3) is 3.53. The molecule has 2 aromatic heterocycles. The number of aromatic amines is 1. The van der Waals surface area contributed by atoms with Crippen molar-refractivity contribution in [1.82, 2.24) is 20.2 Å². The standard InChI is InChI=1S/C18H22N4/c1-22(2)8-7-19-11-14-9-17(13-20-12-14)15-3-4-18-16(10-15)5-6-21-18/h3-6,9-10,12-13,19,21H,7-8,11H2,1-2H3. The first-order chi connectivity index (χ1) is 10.7. The van der Waals surface area contributed by atoms with E-state index in [1.807, 2.05) is 18.6 Å². The van der Waals surface area contributed by atoms with E-state index in [2.05, 4.69) is 64.6 Å². The van der Waals surface area contributed by atoms with Crippen LogP contribution in [0.1, 0.15) is 5.56 Å². The summed E-state index contributed by atoms with van der Waals surface area (Å²) in [4.78, 5) is 9.78. The molecule has 4 nitrogen and oxygen atoms in total. The van der Waals surface area contributed by atoms with Gasteiger partial charge in [0, 0.05) is 49.3 Å². The maximum Gasteiger partial charge on any atom is 0.0454 e. The number of nitrogens with one attached hydrogen (secondary N) is 2. The Kier molecular flexibility index (Phi) is 4.51. The summed E-state index contributed by atoms with van der Waals surface area (Å²) in [5.41, 5.74) is 4.74. The van der Waals surface area contributed by atoms with Gasteiger partial charge >= 0.3 is 0 Å². The molecular formula is C18H22N4. The third-order valence-corrected chi connectivity index (χ3v) is 3.75. The van der Waals surface area contributed by atoms with Crippen LogP contribution in [0.15, 0.2) is 48.9 Å². The van der Waals surface area contributed by atoms with E-state index in [4.69, 9.17) is 0 Å². The van der Waals surface area contributed by atoms with Gasteiger partial charge in [-0.1, -0.05) is 6.07 Å². The maximum absolute atomic E-state index is 4.38. The van der Waals surface area contributed by atoms with Crippen LogP contribution in [-0.4, -0.2) is 42.1 Å². The Morgan fingerprint density at radius 1 is 1.09 bits per heavy atom. The lowest BCUT2D eigenvalue weighted by Crippen LogP contribution is -2.26. The van der Waals surface area contributed by atoms with Crippen molar-refractivity contribution in [3.8, 4) is 11.1 Å². The molecule has 114 valence electrons. The van der Waals surface area contributed by atoms with Crippen LogP contribution in [0.5, 0.6) is 0 Å². The molecular weight excluding hydrogens is 272 g/mol. The number of rotatable bonds is 6. The van der Waals surface area contributed by atoms with Gasteiger partial charge in [-0.05, 0) is 54.9 Å². The molecule has 0 aliphatic carbocycles. The average Bonchev–Trinajstić information content (AvgIpc) is 2.99. The van der Waals surface area contributed by atoms with Gasteiger partial charge in [0.05, 0.1) is 0 Å². The Morgan fingerprint density at radius 2 is 2.00 bits per heavy atom. The van der Waals surface area contributed by atoms with E-state index in [9.17, 15) is 0 Å². The van der Waals surface area contributed by atoms with Crippen LogP contribution < -0.4 is 5.32 Å². The van der Waals surface area contributed by atoms with Crippen molar-refractivity contribution in [3.63, 3.8) is 0 Å². The topological polar surface area (TPSA) is 44.0 Å². The van der Waals surface area contributed by atoms with E-state index < -0.39 is 0 Å². The van der Waals surface area contributed by atoms with Gasteiger partial charge in [0.2, 0.25) is 0 Å². The zero-order valence-electron chi connectivity index (χ0n) is 13.1. The number of likely N-dealkylation sites (N-methyl/N-ethyl adjacent to an activating group) is 1. The Bertz CT molecular complexity index is 745. The van der Waals surface area contributed by atoms with Crippen molar-refractivity contribution in [3.05, 3.63) is 54.5 Å². The summed E-state index contributed by atoms with van der Waals surface area (Å²) in [7, 11) is 4.17. The molecule has 0 atom stereocenters. The highest BCUT2D eigenvalue weighted by atomic mass is 15.1. The van der Waals surface area contributed by atoms with Gasteiger partial charge in [-0.15, -0.1) is 0 Å². The van der Waals surface area contributed by atoms with Crippen LogP contribution in [-0.2, 0) is 6.54 Å². The van der Waals surface area contributed by atoms with Crippen molar-refractivity contribution >= 4 is 10.9 Å². The van der Waals surface area contributed by atoms with Crippen LogP contribution in [0.4, 0.5) is 0 Å². The Balaban J connectivity index is 1.72. The highest BCUT2D eigenvalue weighted by molar-refractivity contribution is 5.84. The molecule has 0 bridgehead atoms. The molecule has 0 radical (unpaired) electrons. The zero-order chi connectivity index (χ0) is 15.4. The fourth-order valence-electron chi connectivity index (χ4n) is 2.51. The minimum atomic E-state index is 0.848. The summed E-state index contributed by atoms with van der Waals surface area (Å²) in [5.74, 6) is 0. The molecule has 0 unspecified atom stereocenters. The van der Waals surface area contributed by atoms with E-state index in [1.54, 1.807) is 0 Å². The summed E-state index contributed by atoms with van der Waals surface area (Å²) in [6.07, 6.45) is 5.83. The van der Waals surface area contributed by atoms with Crippen LogP contribution in [0, 0.1) is 0 Å². The number of hydrogen-bond donors (Lipinski definition) is 2. The number of aromatic nitrogens is 2. The monoisotopic (exact) mass is 294 g/mol. The Hall–Kier alpha value is -2.17. The lowest BCUT2D eigenvalue weighted by molar-refractivity contribution is 0.400. The van der Waals surface area contributed by atoms with Gasteiger partial charge in [-0.2, -0.15) is 0 Å². The molecule has 1 aromatic carbocycles. The molecule has 22 heavy (non-hydrogen) atoms. The SMILES string of the molecule is CN(C)CCNCc1cncc(-c2ccc3[nH]ccc3c2)c1. The smallest absolute Gasteiger partial charge is 0.0454 e. The second-order valence-corrected chi connectivity index (χ2v) is 5.84. The molecule has 0 aliphatic heterocycles. The highest BCUT2D eigenvalue weighted by Crippen LogP contribution is 2.23. The largest absolute Gasteiger partial charge is 0.361 e. The lowest BCUT2D eigenvalue weighted by Gasteiger charge is -2.11. The molecule has 4 heteroatoms. The van der Waals surface area contributed by atoms with Crippen molar-refractivity contribution in [1.29, 1.82) is 0 Å². The van der Waals surface area contributed by atoms with Gasteiger partial charge < -0.3 is 15.2 Å². The van der Waals surface area contributed by atoms with Gasteiger partial charge in [-0.3, -0.25) is 4.98 Å². The number of benzene rings is 1. The van der Waals surface area contributed by atoms with Gasteiger partial charge in [0.25, 0.3) is 0 Å². The molecule has 0 aliphatic rings. The normalized spacial score (nSPS) is 11.4.